The highest BCUT2D eigenvalue weighted by atomic mass is 16.5. The minimum atomic E-state index is -1.58. The standard InChI is InChI=1S/C21H22O7/c1-10(2)4-6-12-14(23)9-16-17(18(12)24)19(25)20(26)21(28-16)11-5-7-13(22)15(8-11)27-3/h4-5,7-9,20-24,26H,6H2,1-3H3/t20-,21+/m0/s1. The number of methoxy groups -OCH3 is 1. The minimum Gasteiger partial charge on any atom is -0.507 e. The molecule has 0 spiro atoms. The van der Waals surface area contributed by atoms with E-state index in [-0.39, 0.29) is 40.5 Å². The van der Waals surface area contributed by atoms with Gasteiger partial charge in [-0.2, -0.15) is 0 Å². The number of aliphatic hydroxyl groups is 1. The van der Waals surface area contributed by atoms with Crippen LogP contribution in [-0.4, -0.2) is 39.4 Å². The van der Waals surface area contributed by atoms with Crippen LogP contribution in [0.2, 0.25) is 0 Å². The third-order valence-corrected chi connectivity index (χ3v) is 4.65. The Hall–Kier alpha value is -3.19. The number of benzene rings is 2. The van der Waals surface area contributed by atoms with Gasteiger partial charge < -0.3 is 29.9 Å². The molecular weight excluding hydrogens is 364 g/mol. The molecule has 1 aliphatic heterocycles. The highest BCUT2D eigenvalue weighted by molar-refractivity contribution is 6.06. The molecule has 4 N–H and O–H groups in total. The number of hydrogen-bond donors (Lipinski definition) is 4. The molecule has 2 atom stereocenters. The monoisotopic (exact) mass is 386 g/mol. The molecule has 0 unspecified atom stereocenters. The van der Waals surface area contributed by atoms with Crippen molar-refractivity contribution in [3.63, 3.8) is 0 Å². The van der Waals surface area contributed by atoms with Crippen LogP contribution < -0.4 is 9.47 Å². The number of carbonyl (C=O) groups is 1. The Morgan fingerprint density at radius 3 is 2.54 bits per heavy atom. The maximum Gasteiger partial charge on any atom is 0.202 e. The van der Waals surface area contributed by atoms with Crippen molar-refractivity contribution >= 4 is 5.78 Å². The van der Waals surface area contributed by atoms with Gasteiger partial charge in [-0.05, 0) is 38.0 Å². The molecule has 28 heavy (non-hydrogen) atoms. The van der Waals surface area contributed by atoms with Gasteiger partial charge in [0.2, 0.25) is 5.78 Å². The lowest BCUT2D eigenvalue weighted by atomic mass is 9.90. The lowest BCUT2D eigenvalue weighted by Gasteiger charge is -2.31. The van der Waals surface area contributed by atoms with E-state index in [1.165, 1.54) is 31.4 Å². The fraction of sp³-hybridized carbons (Fsp3) is 0.286. The molecular formula is C21H22O7. The summed E-state index contributed by atoms with van der Waals surface area (Å²) in [6.07, 6.45) is -0.627. The Balaban J connectivity index is 2.05. The second-order valence-corrected chi connectivity index (χ2v) is 6.86. The first kappa shape index (κ1) is 19.6. The summed E-state index contributed by atoms with van der Waals surface area (Å²) < 4.78 is 10.8. The largest absolute Gasteiger partial charge is 0.507 e. The maximum absolute atomic E-state index is 12.8. The first-order valence-corrected chi connectivity index (χ1v) is 8.71. The summed E-state index contributed by atoms with van der Waals surface area (Å²) in [5.74, 6) is -1.28. The third kappa shape index (κ3) is 3.36. The molecule has 3 rings (SSSR count). The van der Waals surface area contributed by atoms with E-state index >= 15 is 0 Å². The normalized spacial score (nSPS) is 18.2. The topological polar surface area (TPSA) is 116 Å². The summed E-state index contributed by atoms with van der Waals surface area (Å²) in [6.45, 7) is 3.75. The average Bonchev–Trinajstić information content (AvgIpc) is 2.64. The van der Waals surface area contributed by atoms with Gasteiger partial charge in [0.15, 0.2) is 23.7 Å². The number of aliphatic hydroxyl groups excluding tert-OH is 1. The third-order valence-electron chi connectivity index (χ3n) is 4.65. The van der Waals surface area contributed by atoms with Gasteiger partial charge in [0, 0.05) is 11.6 Å². The molecule has 0 amide bonds. The maximum atomic E-state index is 12.8. The van der Waals surface area contributed by atoms with E-state index < -0.39 is 23.7 Å². The molecule has 0 bridgehead atoms. The molecule has 148 valence electrons. The number of fused-ring (bicyclic) bond motifs is 1. The number of phenolic OH excluding ortho intramolecular Hbond substituents is 3. The van der Waals surface area contributed by atoms with Gasteiger partial charge in [-0.3, -0.25) is 4.79 Å². The van der Waals surface area contributed by atoms with Crippen LogP contribution in [0.1, 0.15) is 41.4 Å². The molecule has 0 aromatic heterocycles. The predicted octanol–water partition coefficient (Wildman–Crippen LogP) is 3.00. The van der Waals surface area contributed by atoms with Crippen molar-refractivity contribution in [2.75, 3.05) is 7.11 Å². The number of hydrogen-bond acceptors (Lipinski definition) is 7. The molecule has 7 nitrogen and oxygen atoms in total. The number of allylic oxidation sites excluding steroid dienone is 2. The second kappa shape index (κ2) is 7.44. The van der Waals surface area contributed by atoms with Gasteiger partial charge >= 0.3 is 0 Å². The van der Waals surface area contributed by atoms with Crippen LogP contribution in [0.3, 0.4) is 0 Å². The predicted molar refractivity (Wildman–Crippen MR) is 101 cm³/mol. The van der Waals surface area contributed by atoms with Crippen molar-refractivity contribution in [3.05, 3.63) is 52.6 Å². The van der Waals surface area contributed by atoms with Gasteiger partial charge in [0.25, 0.3) is 0 Å². The smallest absolute Gasteiger partial charge is 0.202 e. The van der Waals surface area contributed by atoms with Gasteiger partial charge in [0.05, 0.1) is 7.11 Å². The second-order valence-electron chi connectivity index (χ2n) is 6.86. The summed E-state index contributed by atoms with van der Waals surface area (Å²) in [4.78, 5) is 12.8. The molecule has 0 saturated carbocycles. The van der Waals surface area contributed by atoms with E-state index in [9.17, 15) is 25.2 Å². The van der Waals surface area contributed by atoms with Crippen LogP contribution in [0.25, 0.3) is 0 Å². The van der Waals surface area contributed by atoms with Gasteiger partial charge in [-0.1, -0.05) is 17.7 Å². The number of ketones is 1. The fourth-order valence-electron chi connectivity index (χ4n) is 3.12. The van der Waals surface area contributed by atoms with E-state index in [2.05, 4.69) is 0 Å². The lowest BCUT2D eigenvalue weighted by Crippen LogP contribution is -2.36. The van der Waals surface area contributed by atoms with E-state index in [1.807, 2.05) is 13.8 Å². The summed E-state index contributed by atoms with van der Waals surface area (Å²) in [5.41, 5.74) is 1.41. The highest BCUT2D eigenvalue weighted by Crippen LogP contribution is 2.45. The van der Waals surface area contributed by atoms with E-state index in [4.69, 9.17) is 9.47 Å². The molecule has 0 radical (unpaired) electrons. The zero-order valence-corrected chi connectivity index (χ0v) is 15.8. The minimum absolute atomic E-state index is 0.0247. The van der Waals surface area contributed by atoms with Crippen molar-refractivity contribution in [1.82, 2.24) is 0 Å². The van der Waals surface area contributed by atoms with Crippen molar-refractivity contribution in [2.24, 2.45) is 0 Å². The van der Waals surface area contributed by atoms with Crippen LogP contribution >= 0.6 is 0 Å². The summed E-state index contributed by atoms with van der Waals surface area (Å²) in [7, 11) is 1.38. The van der Waals surface area contributed by atoms with Crippen molar-refractivity contribution in [2.45, 2.75) is 32.5 Å². The zero-order valence-electron chi connectivity index (χ0n) is 15.8. The molecule has 7 heteroatoms. The average molecular weight is 386 g/mol. The zero-order chi connectivity index (χ0) is 20.6. The summed E-state index contributed by atoms with van der Waals surface area (Å²) in [6, 6.07) is 5.57. The van der Waals surface area contributed by atoms with Gasteiger partial charge in [-0.15, -0.1) is 0 Å². The number of aromatic hydroxyl groups is 3. The van der Waals surface area contributed by atoms with Crippen LogP contribution in [-0.2, 0) is 6.42 Å². The molecule has 2 aromatic rings. The van der Waals surface area contributed by atoms with Crippen molar-refractivity contribution < 1.29 is 34.7 Å². The van der Waals surface area contributed by atoms with Crippen LogP contribution in [0.4, 0.5) is 0 Å². The van der Waals surface area contributed by atoms with Crippen LogP contribution in [0.5, 0.6) is 28.7 Å². The Morgan fingerprint density at radius 1 is 1.18 bits per heavy atom. The SMILES string of the molecule is COc1cc([C@H]2Oc3cc(O)c(CC=C(C)C)c(O)c3C(=O)[C@@H]2O)ccc1O. The number of Topliss-reactive ketones (excluding diaryl/α,β-unsaturated/α-hetero) is 1. The Kier molecular flexibility index (Phi) is 5.20. The molecule has 0 fully saturated rings. The number of ether oxygens (including phenoxy) is 2. The van der Waals surface area contributed by atoms with E-state index in [1.54, 1.807) is 6.08 Å². The molecule has 2 aromatic carbocycles. The summed E-state index contributed by atoms with van der Waals surface area (Å²) >= 11 is 0. The first-order valence-electron chi connectivity index (χ1n) is 8.71. The van der Waals surface area contributed by atoms with Gasteiger partial charge in [0.1, 0.15) is 22.8 Å². The van der Waals surface area contributed by atoms with Gasteiger partial charge in [-0.25, -0.2) is 0 Å². The number of carbonyl (C=O) groups excluding carboxylic acids is 1. The Morgan fingerprint density at radius 2 is 1.89 bits per heavy atom. The van der Waals surface area contributed by atoms with E-state index in [0.29, 0.717) is 5.56 Å². The number of phenols is 3. The lowest BCUT2D eigenvalue weighted by molar-refractivity contribution is 0.0209. The van der Waals surface area contributed by atoms with Crippen LogP contribution in [0.15, 0.2) is 35.9 Å². The molecule has 0 saturated heterocycles. The molecule has 0 aliphatic carbocycles. The van der Waals surface area contributed by atoms with Crippen molar-refractivity contribution in [3.8, 4) is 28.7 Å². The summed E-state index contributed by atoms with van der Waals surface area (Å²) in [5, 5.41) is 41.1. The van der Waals surface area contributed by atoms with Crippen LogP contribution in [0, 0.1) is 0 Å². The quantitative estimate of drug-likeness (QED) is 0.597. The highest BCUT2D eigenvalue weighted by Gasteiger charge is 2.40. The van der Waals surface area contributed by atoms with E-state index in [0.717, 1.165) is 5.57 Å². The molecule has 1 heterocycles. The first-order chi connectivity index (χ1) is 13.2. The molecule has 1 aliphatic rings. The fourth-order valence-corrected chi connectivity index (χ4v) is 3.12. The number of rotatable bonds is 4. The Bertz CT molecular complexity index is 958. The Labute approximate surface area is 162 Å². The van der Waals surface area contributed by atoms with Crippen molar-refractivity contribution in [1.29, 1.82) is 0 Å².